The van der Waals surface area contributed by atoms with Crippen molar-refractivity contribution in [2.24, 2.45) is 0 Å². The van der Waals surface area contributed by atoms with Gasteiger partial charge < -0.3 is 4.52 Å². The number of aromatic nitrogens is 1. The molecule has 0 aliphatic carbocycles. The van der Waals surface area contributed by atoms with E-state index in [-0.39, 0.29) is 6.54 Å². The second-order valence-electron chi connectivity index (χ2n) is 1.62. The van der Waals surface area contributed by atoms with Gasteiger partial charge in [0.25, 0.3) is 0 Å². The van der Waals surface area contributed by atoms with Gasteiger partial charge in [-0.25, -0.2) is 13.1 Å². The van der Waals surface area contributed by atoms with Crippen molar-refractivity contribution in [1.29, 1.82) is 0 Å². The Morgan fingerprint density at radius 3 is 3.00 bits per heavy atom. The number of thiol groups is 1. The minimum Gasteiger partial charge on any atom is -0.364 e. The molecule has 0 aliphatic heterocycles. The summed E-state index contributed by atoms with van der Waals surface area (Å²) in [6, 6.07) is 0. The molecule has 0 radical (unpaired) electrons. The smallest absolute Gasteiger partial charge is 0.201 e. The molecule has 5 nitrogen and oxygen atoms in total. The summed E-state index contributed by atoms with van der Waals surface area (Å²) in [6.45, 7) is 0.238. The Bertz CT molecular complexity index is 245. The fourth-order valence-electron chi connectivity index (χ4n) is 0.470. The highest BCUT2D eigenvalue weighted by atomic mass is 32.2. The van der Waals surface area contributed by atoms with Gasteiger partial charge in [-0.05, 0) is 0 Å². The zero-order chi connectivity index (χ0) is 7.40. The Balaban J connectivity index is 2.42. The number of nitrogens with zero attached hydrogens (tertiary/aromatic N) is 1. The predicted molar refractivity (Wildman–Crippen MR) is 33.7 cm³/mol. The van der Waals surface area contributed by atoms with E-state index in [0.29, 0.717) is 5.56 Å². The minimum absolute atomic E-state index is 0.238. The third-order valence-corrected chi connectivity index (χ3v) is 1.31. The van der Waals surface area contributed by atoms with Crippen LogP contribution in [-0.2, 0) is 17.4 Å². The lowest BCUT2D eigenvalue weighted by atomic mass is 10.4. The zero-order valence-corrected chi connectivity index (χ0v) is 5.88. The van der Waals surface area contributed by atoms with Crippen LogP contribution >= 0.6 is 0 Å². The lowest BCUT2D eigenvalue weighted by molar-refractivity contribution is 0.419. The van der Waals surface area contributed by atoms with Crippen LogP contribution in [0.3, 0.4) is 0 Å². The summed E-state index contributed by atoms with van der Waals surface area (Å²) in [5.74, 6) is 0. The van der Waals surface area contributed by atoms with Gasteiger partial charge in [-0.2, -0.15) is 0 Å². The average molecular weight is 162 g/mol. The molecule has 10 heavy (non-hydrogen) atoms. The Morgan fingerprint density at radius 2 is 2.50 bits per heavy atom. The monoisotopic (exact) mass is 162 g/mol. The van der Waals surface area contributed by atoms with Crippen LogP contribution in [0, 0.1) is 0 Å². The summed E-state index contributed by atoms with van der Waals surface area (Å²) in [7, 11) is -2.52. The van der Waals surface area contributed by atoms with Crippen LogP contribution in [-0.4, -0.2) is 13.6 Å². The van der Waals surface area contributed by atoms with E-state index in [9.17, 15) is 8.42 Å². The summed E-state index contributed by atoms with van der Waals surface area (Å²) in [5, 5.41) is 3.39. The molecule has 0 saturated heterocycles. The average Bonchev–Trinajstić information content (AvgIpc) is 2.34. The minimum atomic E-state index is -2.52. The SMILES string of the molecule is O=[SH](=O)NCc1cnoc1. The first-order chi connectivity index (χ1) is 4.79. The Labute approximate surface area is 59.1 Å². The molecular weight excluding hydrogens is 156 g/mol. The molecule has 1 aromatic heterocycles. The van der Waals surface area contributed by atoms with E-state index in [1.807, 2.05) is 0 Å². The topological polar surface area (TPSA) is 72.2 Å². The highest BCUT2D eigenvalue weighted by Crippen LogP contribution is 1.93. The van der Waals surface area contributed by atoms with Gasteiger partial charge in [-0.1, -0.05) is 5.16 Å². The first kappa shape index (κ1) is 7.23. The van der Waals surface area contributed by atoms with Gasteiger partial charge in [0.1, 0.15) is 6.26 Å². The summed E-state index contributed by atoms with van der Waals surface area (Å²) < 4.78 is 26.6. The van der Waals surface area contributed by atoms with Crippen LogP contribution in [0.15, 0.2) is 17.0 Å². The van der Waals surface area contributed by atoms with Crippen molar-refractivity contribution >= 4 is 10.9 Å². The van der Waals surface area contributed by atoms with Gasteiger partial charge in [-0.15, -0.1) is 0 Å². The van der Waals surface area contributed by atoms with Crippen molar-refractivity contribution in [3.8, 4) is 0 Å². The van der Waals surface area contributed by atoms with Gasteiger partial charge in [0.15, 0.2) is 0 Å². The largest absolute Gasteiger partial charge is 0.364 e. The molecule has 0 aliphatic rings. The van der Waals surface area contributed by atoms with Crippen molar-refractivity contribution < 1.29 is 12.9 Å². The standard InChI is InChI=1S/C4H6N2O3S/c7-10(8)6-2-4-1-5-9-3-4/h1,3,10H,2H2,(H,6,7,8). The molecule has 0 atom stereocenters. The van der Waals surface area contributed by atoms with Crippen molar-refractivity contribution in [3.05, 3.63) is 18.0 Å². The highest BCUT2D eigenvalue weighted by molar-refractivity contribution is 7.70. The normalized spacial score (nSPS) is 10.5. The predicted octanol–water partition coefficient (Wildman–Crippen LogP) is -0.709. The molecule has 0 fully saturated rings. The molecule has 0 unspecified atom stereocenters. The molecule has 1 rings (SSSR count). The van der Waals surface area contributed by atoms with Crippen molar-refractivity contribution in [2.45, 2.75) is 6.54 Å². The fourth-order valence-corrected chi connectivity index (χ4v) is 0.782. The third kappa shape index (κ3) is 2.16. The van der Waals surface area contributed by atoms with Crippen molar-refractivity contribution in [2.75, 3.05) is 0 Å². The second-order valence-corrected chi connectivity index (χ2v) is 2.46. The van der Waals surface area contributed by atoms with Crippen LogP contribution in [0.5, 0.6) is 0 Å². The summed E-state index contributed by atoms with van der Waals surface area (Å²) in [5.41, 5.74) is 0.708. The molecule has 1 heterocycles. The molecule has 0 bridgehead atoms. The maximum absolute atomic E-state index is 9.97. The van der Waals surface area contributed by atoms with Gasteiger partial charge in [0.05, 0.1) is 6.20 Å². The van der Waals surface area contributed by atoms with Gasteiger partial charge in [0, 0.05) is 12.1 Å². The van der Waals surface area contributed by atoms with Gasteiger partial charge >= 0.3 is 0 Å². The van der Waals surface area contributed by atoms with Crippen molar-refractivity contribution in [1.82, 2.24) is 9.88 Å². The summed E-state index contributed by atoms with van der Waals surface area (Å²) >= 11 is 0. The number of hydrogen-bond donors (Lipinski definition) is 2. The summed E-state index contributed by atoms with van der Waals surface area (Å²) in [6.07, 6.45) is 2.83. The van der Waals surface area contributed by atoms with Crippen LogP contribution in [0.4, 0.5) is 0 Å². The van der Waals surface area contributed by atoms with Crippen LogP contribution in [0.1, 0.15) is 5.56 Å². The Kier molecular flexibility index (Phi) is 2.41. The van der Waals surface area contributed by atoms with E-state index >= 15 is 0 Å². The van der Waals surface area contributed by atoms with E-state index in [2.05, 4.69) is 14.4 Å². The van der Waals surface area contributed by atoms with E-state index in [1.165, 1.54) is 12.5 Å². The van der Waals surface area contributed by atoms with Crippen LogP contribution < -0.4 is 4.72 Å². The van der Waals surface area contributed by atoms with E-state index in [4.69, 9.17) is 0 Å². The van der Waals surface area contributed by atoms with Crippen LogP contribution in [0.25, 0.3) is 0 Å². The van der Waals surface area contributed by atoms with Gasteiger partial charge in [0.2, 0.25) is 10.9 Å². The molecule has 1 N–H and O–H groups in total. The maximum atomic E-state index is 9.97. The third-order valence-electron chi connectivity index (χ3n) is 0.896. The van der Waals surface area contributed by atoms with E-state index in [0.717, 1.165) is 0 Å². The number of rotatable bonds is 3. The maximum Gasteiger partial charge on any atom is 0.201 e. The lowest BCUT2D eigenvalue weighted by Gasteiger charge is -1.87. The first-order valence-electron chi connectivity index (χ1n) is 2.55. The second kappa shape index (κ2) is 3.33. The van der Waals surface area contributed by atoms with Gasteiger partial charge in [-0.3, -0.25) is 0 Å². The molecule has 0 saturated carbocycles. The lowest BCUT2D eigenvalue weighted by Crippen LogP contribution is -2.09. The first-order valence-corrected chi connectivity index (χ1v) is 3.73. The van der Waals surface area contributed by atoms with E-state index < -0.39 is 10.9 Å². The molecular formula is C4H6N2O3S. The molecule has 0 amide bonds. The fraction of sp³-hybridized carbons (Fsp3) is 0.250. The van der Waals surface area contributed by atoms with Crippen molar-refractivity contribution in [3.63, 3.8) is 0 Å². The molecule has 56 valence electrons. The highest BCUT2D eigenvalue weighted by Gasteiger charge is 1.93. The molecule has 0 spiro atoms. The quantitative estimate of drug-likeness (QED) is 0.576. The number of hydrogen-bond acceptors (Lipinski definition) is 4. The molecule has 0 aromatic carbocycles. The summed E-state index contributed by atoms with van der Waals surface area (Å²) in [4.78, 5) is 0. The number of nitrogens with one attached hydrogen (secondary N) is 1. The Morgan fingerprint density at radius 1 is 1.70 bits per heavy atom. The zero-order valence-electron chi connectivity index (χ0n) is 4.98. The van der Waals surface area contributed by atoms with Crippen LogP contribution in [0.2, 0.25) is 0 Å². The molecule has 6 heteroatoms. The molecule has 1 aromatic rings. The van der Waals surface area contributed by atoms with E-state index in [1.54, 1.807) is 0 Å². The Hall–Kier alpha value is -0.880.